The van der Waals surface area contributed by atoms with Crippen molar-refractivity contribution in [3.63, 3.8) is 0 Å². The van der Waals surface area contributed by atoms with Crippen molar-refractivity contribution in [2.24, 2.45) is 0 Å². The van der Waals surface area contributed by atoms with Gasteiger partial charge in [-0.3, -0.25) is 0 Å². The second kappa shape index (κ2) is 10.1. The molecule has 34 heavy (non-hydrogen) atoms. The van der Waals surface area contributed by atoms with Crippen molar-refractivity contribution >= 4 is 32.7 Å². The fourth-order valence-electron chi connectivity index (χ4n) is 4.28. The van der Waals surface area contributed by atoms with E-state index in [9.17, 15) is 4.79 Å². The van der Waals surface area contributed by atoms with Crippen LogP contribution in [0.15, 0.2) is 78.9 Å². The molecule has 1 aliphatic rings. The Bertz CT molecular complexity index is 1200. The Morgan fingerprint density at radius 3 is 2.21 bits per heavy atom. The molecule has 0 atom stereocenters. The first kappa shape index (κ1) is 22.2. The highest BCUT2D eigenvalue weighted by molar-refractivity contribution is 7.22. The van der Waals surface area contributed by atoms with E-state index in [0.717, 1.165) is 45.3 Å². The molecule has 1 aliphatic heterocycles. The van der Waals surface area contributed by atoms with E-state index >= 15 is 0 Å². The van der Waals surface area contributed by atoms with Crippen LogP contribution in [-0.4, -0.2) is 48.7 Å². The van der Waals surface area contributed by atoms with Crippen LogP contribution in [0.3, 0.4) is 0 Å². The monoisotopic (exact) mass is 472 g/mol. The summed E-state index contributed by atoms with van der Waals surface area (Å²) in [6, 6.07) is 26.1. The Morgan fingerprint density at radius 1 is 0.941 bits per heavy atom. The predicted molar refractivity (Wildman–Crippen MR) is 138 cm³/mol. The van der Waals surface area contributed by atoms with Crippen molar-refractivity contribution in [3.05, 3.63) is 90.0 Å². The summed E-state index contributed by atoms with van der Waals surface area (Å²) in [6.45, 7) is 5.40. The van der Waals surface area contributed by atoms with Crippen LogP contribution in [0.25, 0.3) is 10.2 Å². The number of hydrogen-bond donors (Lipinski definition) is 1. The van der Waals surface area contributed by atoms with E-state index < -0.39 is 0 Å². The quantitative estimate of drug-likeness (QED) is 0.413. The molecule has 4 aromatic rings. The summed E-state index contributed by atoms with van der Waals surface area (Å²) in [7, 11) is 0. The molecule has 1 aromatic heterocycles. The molecule has 174 valence electrons. The highest BCUT2D eigenvalue weighted by Crippen LogP contribution is 2.34. The molecule has 6 nitrogen and oxygen atoms in total. The molecule has 2 amide bonds. The fraction of sp³-hybridized carbons (Fsp3) is 0.259. The lowest BCUT2D eigenvalue weighted by Gasteiger charge is -2.35. The average Bonchev–Trinajstić information content (AvgIpc) is 3.34. The molecule has 0 saturated carbocycles. The van der Waals surface area contributed by atoms with Crippen molar-refractivity contribution in [2.75, 3.05) is 37.7 Å². The minimum Gasteiger partial charge on any atom is -0.492 e. The third-order valence-corrected chi connectivity index (χ3v) is 7.12. The molecular weight excluding hydrogens is 444 g/mol. The van der Waals surface area contributed by atoms with E-state index in [1.54, 1.807) is 11.3 Å². The number of benzene rings is 3. The van der Waals surface area contributed by atoms with Crippen LogP contribution in [-0.2, 0) is 0 Å². The lowest BCUT2D eigenvalue weighted by atomic mass is 9.99. The standard InChI is InChI=1S/C27H28N4O2S/c1-2-33-22-14-9-15-23-25(22)29-27(34-23)31-18-16-30(17-19-31)26(32)28-24(20-10-5-3-6-11-20)21-12-7-4-8-13-21/h3-15,24H,2,16-19H2,1H3,(H,28,32). The van der Waals surface area contributed by atoms with Gasteiger partial charge in [-0.05, 0) is 30.2 Å². The maximum absolute atomic E-state index is 13.2. The zero-order valence-electron chi connectivity index (χ0n) is 19.2. The lowest BCUT2D eigenvalue weighted by molar-refractivity contribution is 0.192. The van der Waals surface area contributed by atoms with Gasteiger partial charge in [0, 0.05) is 26.2 Å². The Morgan fingerprint density at radius 2 is 1.59 bits per heavy atom. The second-order valence-corrected chi connectivity index (χ2v) is 9.22. The molecule has 1 fully saturated rings. The molecule has 1 N–H and O–H groups in total. The number of ether oxygens (including phenoxy) is 1. The van der Waals surface area contributed by atoms with E-state index in [0.29, 0.717) is 19.7 Å². The van der Waals surface area contributed by atoms with Crippen molar-refractivity contribution in [1.82, 2.24) is 15.2 Å². The maximum Gasteiger partial charge on any atom is 0.318 e. The Balaban J connectivity index is 1.27. The van der Waals surface area contributed by atoms with Gasteiger partial charge in [-0.2, -0.15) is 0 Å². The van der Waals surface area contributed by atoms with Gasteiger partial charge in [0.2, 0.25) is 0 Å². The Labute approximate surface area is 203 Å². The van der Waals surface area contributed by atoms with Crippen LogP contribution in [0.5, 0.6) is 5.75 Å². The number of carbonyl (C=O) groups excluding carboxylic acids is 1. The highest BCUT2D eigenvalue weighted by Gasteiger charge is 2.26. The van der Waals surface area contributed by atoms with Crippen LogP contribution in [0.1, 0.15) is 24.1 Å². The van der Waals surface area contributed by atoms with Gasteiger partial charge in [0.1, 0.15) is 11.3 Å². The SMILES string of the molecule is CCOc1cccc2sc(N3CCN(C(=O)NC(c4ccccc4)c4ccccc4)CC3)nc12. The van der Waals surface area contributed by atoms with Crippen LogP contribution < -0.4 is 15.0 Å². The minimum atomic E-state index is -0.186. The van der Waals surface area contributed by atoms with E-state index in [1.165, 1.54) is 0 Å². The highest BCUT2D eigenvalue weighted by atomic mass is 32.1. The number of amides is 2. The van der Waals surface area contributed by atoms with Gasteiger partial charge in [0.05, 0.1) is 17.3 Å². The average molecular weight is 473 g/mol. The van der Waals surface area contributed by atoms with Crippen LogP contribution in [0, 0.1) is 0 Å². The summed E-state index contributed by atoms with van der Waals surface area (Å²) in [6.07, 6.45) is 0. The summed E-state index contributed by atoms with van der Waals surface area (Å²) < 4.78 is 6.86. The second-order valence-electron chi connectivity index (χ2n) is 8.21. The molecule has 1 saturated heterocycles. The summed E-state index contributed by atoms with van der Waals surface area (Å²) in [5.74, 6) is 0.827. The molecule has 0 bridgehead atoms. The van der Waals surface area contributed by atoms with Crippen LogP contribution in [0.2, 0.25) is 0 Å². The summed E-state index contributed by atoms with van der Waals surface area (Å²) in [4.78, 5) is 22.2. The number of thiazole rings is 1. The van der Waals surface area contributed by atoms with Crippen molar-refractivity contribution in [3.8, 4) is 5.75 Å². The van der Waals surface area contributed by atoms with Crippen LogP contribution in [0.4, 0.5) is 9.93 Å². The number of hydrogen-bond acceptors (Lipinski definition) is 5. The van der Waals surface area contributed by atoms with Crippen LogP contribution >= 0.6 is 11.3 Å². The fourth-order valence-corrected chi connectivity index (χ4v) is 5.32. The molecule has 0 radical (unpaired) electrons. The number of fused-ring (bicyclic) bond motifs is 1. The third-order valence-electron chi connectivity index (χ3n) is 6.04. The number of piperazine rings is 1. The van der Waals surface area contributed by atoms with E-state index in [-0.39, 0.29) is 12.1 Å². The third kappa shape index (κ3) is 4.70. The predicted octanol–water partition coefficient (Wildman–Crippen LogP) is 5.32. The number of nitrogens with zero attached hydrogens (tertiary/aromatic N) is 3. The first-order valence-corrected chi connectivity index (χ1v) is 12.5. The number of urea groups is 1. The van der Waals surface area contributed by atoms with Crippen molar-refractivity contribution in [2.45, 2.75) is 13.0 Å². The molecule has 7 heteroatoms. The van der Waals surface area contributed by atoms with Gasteiger partial charge >= 0.3 is 6.03 Å². The molecule has 0 unspecified atom stereocenters. The van der Waals surface area contributed by atoms with E-state index in [4.69, 9.17) is 9.72 Å². The maximum atomic E-state index is 13.2. The first-order valence-electron chi connectivity index (χ1n) is 11.7. The zero-order chi connectivity index (χ0) is 23.3. The summed E-state index contributed by atoms with van der Waals surface area (Å²) in [5, 5.41) is 4.24. The molecular formula is C27H28N4O2S. The summed E-state index contributed by atoms with van der Waals surface area (Å²) in [5.41, 5.74) is 3.05. The van der Waals surface area contributed by atoms with Gasteiger partial charge in [0.15, 0.2) is 5.13 Å². The zero-order valence-corrected chi connectivity index (χ0v) is 20.0. The number of rotatable bonds is 6. The largest absolute Gasteiger partial charge is 0.492 e. The number of aromatic nitrogens is 1. The van der Waals surface area contributed by atoms with Gasteiger partial charge in [0.25, 0.3) is 0 Å². The smallest absolute Gasteiger partial charge is 0.318 e. The van der Waals surface area contributed by atoms with Gasteiger partial charge in [-0.15, -0.1) is 0 Å². The molecule has 0 spiro atoms. The van der Waals surface area contributed by atoms with E-state index in [1.807, 2.05) is 60.4 Å². The van der Waals surface area contributed by atoms with Gasteiger partial charge in [-0.1, -0.05) is 78.1 Å². The Hall–Kier alpha value is -3.58. The molecule has 0 aliphatic carbocycles. The van der Waals surface area contributed by atoms with Gasteiger partial charge in [-0.25, -0.2) is 9.78 Å². The molecule has 3 aromatic carbocycles. The van der Waals surface area contributed by atoms with Crippen molar-refractivity contribution in [1.29, 1.82) is 0 Å². The number of nitrogens with one attached hydrogen (secondary N) is 1. The Kier molecular flexibility index (Phi) is 6.62. The molecule has 5 rings (SSSR count). The van der Waals surface area contributed by atoms with Gasteiger partial charge < -0.3 is 19.9 Å². The van der Waals surface area contributed by atoms with E-state index in [2.05, 4.69) is 40.5 Å². The number of carbonyl (C=O) groups is 1. The topological polar surface area (TPSA) is 57.7 Å². The summed E-state index contributed by atoms with van der Waals surface area (Å²) >= 11 is 1.67. The number of anilines is 1. The molecule has 2 heterocycles. The lowest BCUT2D eigenvalue weighted by Crippen LogP contribution is -2.52. The first-order chi connectivity index (χ1) is 16.7. The normalized spacial score (nSPS) is 13.9. The number of para-hydroxylation sites is 1. The minimum absolute atomic E-state index is 0.0414. The van der Waals surface area contributed by atoms with Crippen molar-refractivity contribution < 1.29 is 9.53 Å².